The van der Waals surface area contributed by atoms with E-state index >= 15 is 0 Å². The first kappa shape index (κ1) is 12.3. The fraction of sp³-hybridized carbons (Fsp3) is 0.818. The molecule has 1 aliphatic rings. The van der Waals surface area contributed by atoms with Crippen molar-refractivity contribution in [3.05, 3.63) is 0 Å². The maximum atomic E-state index is 10.6. The Kier molecular flexibility index (Phi) is 5.60. The van der Waals surface area contributed by atoms with Crippen LogP contribution in [0.1, 0.15) is 47.0 Å². The summed E-state index contributed by atoms with van der Waals surface area (Å²) in [5.74, 6) is 1.09. The number of ketones is 2. The van der Waals surface area contributed by atoms with Crippen molar-refractivity contribution in [2.24, 2.45) is 11.8 Å². The normalized spacial score (nSPS) is 21.8. The molecular weight excluding hydrogens is 164 g/mol. The molecule has 0 radical (unpaired) electrons. The minimum absolute atomic E-state index is 0.00231. The molecule has 0 spiro atoms. The van der Waals surface area contributed by atoms with E-state index < -0.39 is 0 Å². The molecule has 1 rings (SSSR count). The second-order valence-corrected chi connectivity index (χ2v) is 4.09. The Balaban J connectivity index is 0.000000252. The molecule has 1 fully saturated rings. The average molecular weight is 184 g/mol. The number of hydrogen-bond donors (Lipinski definition) is 0. The van der Waals surface area contributed by atoms with Gasteiger partial charge in [-0.25, -0.2) is 0 Å². The van der Waals surface area contributed by atoms with Crippen molar-refractivity contribution in [3.63, 3.8) is 0 Å². The highest BCUT2D eigenvalue weighted by atomic mass is 16.2. The summed E-state index contributed by atoms with van der Waals surface area (Å²) in [6.07, 6.45) is 1.96. The second-order valence-electron chi connectivity index (χ2n) is 4.09. The molecule has 1 unspecified atom stereocenters. The van der Waals surface area contributed by atoms with E-state index in [4.69, 9.17) is 0 Å². The summed E-state index contributed by atoms with van der Waals surface area (Å²) in [5.41, 5.74) is 0. The molecule has 0 saturated heterocycles. The van der Waals surface area contributed by atoms with Crippen LogP contribution >= 0.6 is 0 Å². The summed E-state index contributed by atoms with van der Waals surface area (Å²) in [7, 11) is 0. The summed E-state index contributed by atoms with van der Waals surface area (Å²) in [5, 5.41) is 0. The Bertz CT molecular complexity index is 183. The smallest absolute Gasteiger partial charge is 0.143 e. The van der Waals surface area contributed by atoms with Crippen LogP contribution in [-0.4, -0.2) is 11.6 Å². The molecule has 0 aromatic carbocycles. The third-order valence-electron chi connectivity index (χ3n) is 2.27. The van der Waals surface area contributed by atoms with Gasteiger partial charge < -0.3 is 0 Å². The fourth-order valence-corrected chi connectivity index (χ4v) is 0.896. The molecule has 13 heavy (non-hydrogen) atoms. The molecule has 1 aliphatic carbocycles. The Morgan fingerprint density at radius 1 is 1.38 bits per heavy atom. The van der Waals surface area contributed by atoms with Crippen LogP contribution in [0.25, 0.3) is 0 Å². The van der Waals surface area contributed by atoms with Gasteiger partial charge in [-0.15, -0.1) is 0 Å². The molecule has 0 heterocycles. The van der Waals surface area contributed by atoms with Crippen LogP contribution in [0.3, 0.4) is 0 Å². The van der Waals surface area contributed by atoms with Gasteiger partial charge in [-0.3, -0.25) is 9.59 Å². The maximum absolute atomic E-state index is 10.6. The summed E-state index contributed by atoms with van der Waals surface area (Å²) in [6.45, 7) is 8.44. The molecular formula is C11H20O2. The van der Waals surface area contributed by atoms with Gasteiger partial charge in [-0.1, -0.05) is 34.1 Å². The van der Waals surface area contributed by atoms with Crippen LogP contribution in [0.2, 0.25) is 0 Å². The molecule has 0 bridgehead atoms. The molecule has 0 aliphatic heterocycles. The van der Waals surface area contributed by atoms with Gasteiger partial charge in [0.25, 0.3) is 0 Å². The lowest BCUT2D eigenvalue weighted by molar-refractivity contribution is -0.122. The number of carbonyl (C=O) groups is 2. The first-order valence-electron chi connectivity index (χ1n) is 5.01. The van der Waals surface area contributed by atoms with E-state index in [0.717, 1.165) is 5.92 Å². The molecule has 0 N–H and O–H groups in total. The van der Waals surface area contributed by atoms with Crippen molar-refractivity contribution in [1.82, 2.24) is 0 Å². The van der Waals surface area contributed by atoms with E-state index in [1.165, 1.54) is 6.42 Å². The summed E-state index contributed by atoms with van der Waals surface area (Å²) < 4.78 is 0. The van der Waals surface area contributed by atoms with Gasteiger partial charge in [-0.2, -0.15) is 0 Å². The number of carbonyl (C=O) groups excluding carboxylic acids is 2. The minimum atomic E-state index is 0.00231. The zero-order chi connectivity index (χ0) is 10.4. The monoisotopic (exact) mass is 184 g/mol. The van der Waals surface area contributed by atoms with Crippen molar-refractivity contribution in [2.45, 2.75) is 47.0 Å². The van der Waals surface area contributed by atoms with Crippen LogP contribution in [0.15, 0.2) is 0 Å². The third kappa shape index (κ3) is 5.56. The van der Waals surface area contributed by atoms with Crippen LogP contribution in [0.4, 0.5) is 0 Å². The van der Waals surface area contributed by atoms with Crippen LogP contribution in [-0.2, 0) is 9.59 Å². The highest BCUT2D eigenvalue weighted by Crippen LogP contribution is 2.16. The summed E-state index contributed by atoms with van der Waals surface area (Å²) >= 11 is 0. The highest BCUT2D eigenvalue weighted by molar-refractivity contribution is 6.06. The SMILES string of the molecule is CC1CC(=O)CC1=O.CCC(C)C. The van der Waals surface area contributed by atoms with Crippen LogP contribution in [0.5, 0.6) is 0 Å². The van der Waals surface area contributed by atoms with Gasteiger partial charge in [0.15, 0.2) is 0 Å². The topological polar surface area (TPSA) is 34.1 Å². The molecule has 1 atom stereocenters. The van der Waals surface area contributed by atoms with Crippen molar-refractivity contribution in [2.75, 3.05) is 0 Å². The number of hydrogen-bond acceptors (Lipinski definition) is 2. The van der Waals surface area contributed by atoms with E-state index in [1.807, 2.05) is 0 Å². The van der Waals surface area contributed by atoms with Crippen LogP contribution < -0.4 is 0 Å². The summed E-state index contributed by atoms with van der Waals surface area (Å²) in [4.78, 5) is 21.0. The zero-order valence-corrected chi connectivity index (χ0v) is 9.09. The number of Topliss-reactive ketones (excluding diaryl/α,β-unsaturated/α-hetero) is 2. The Hall–Kier alpha value is -0.660. The van der Waals surface area contributed by atoms with E-state index in [9.17, 15) is 9.59 Å². The molecule has 0 aromatic rings. The van der Waals surface area contributed by atoms with Gasteiger partial charge in [-0.05, 0) is 5.92 Å². The molecule has 0 amide bonds. The van der Waals surface area contributed by atoms with Gasteiger partial charge in [0, 0.05) is 12.3 Å². The Morgan fingerprint density at radius 2 is 1.85 bits per heavy atom. The average Bonchev–Trinajstić information content (AvgIpc) is 2.31. The molecule has 1 saturated carbocycles. The molecule has 0 aromatic heterocycles. The van der Waals surface area contributed by atoms with Crippen molar-refractivity contribution in [1.29, 1.82) is 0 Å². The van der Waals surface area contributed by atoms with Gasteiger partial charge in [0.2, 0.25) is 0 Å². The minimum Gasteiger partial charge on any atom is -0.299 e. The largest absolute Gasteiger partial charge is 0.299 e. The van der Waals surface area contributed by atoms with Crippen molar-refractivity contribution in [3.8, 4) is 0 Å². The van der Waals surface area contributed by atoms with E-state index in [0.29, 0.717) is 6.42 Å². The Morgan fingerprint density at radius 3 is 1.92 bits per heavy atom. The standard InChI is InChI=1S/C6H8O2.C5H12/c1-4-2-5(7)3-6(4)8;1-4-5(2)3/h4H,2-3H2,1H3;5H,4H2,1-3H3. The zero-order valence-electron chi connectivity index (χ0n) is 9.09. The lowest BCUT2D eigenvalue weighted by Crippen LogP contribution is -1.98. The lowest BCUT2D eigenvalue weighted by Gasteiger charge is -1.90. The van der Waals surface area contributed by atoms with Gasteiger partial charge in [0.1, 0.15) is 11.6 Å². The van der Waals surface area contributed by atoms with Gasteiger partial charge in [0.05, 0.1) is 6.42 Å². The first-order chi connectivity index (χ1) is 5.97. The van der Waals surface area contributed by atoms with Crippen molar-refractivity contribution >= 4 is 11.6 Å². The fourth-order valence-electron chi connectivity index (χ4n) is 0.896. The molecule has 2 heteroatoms. The van der Waals surface area contributed by atoms with E-state index in [1.54, 1.807) is 6.92 Å². The molecule has 2 nitrogen and oxygen atoms in total. The predicted octanol–water partition coefficient (Wildman–Crippen LogP) is 2.61. The van der Waals surface area contributed by atoms with Gasteiger partial charge >= 0.3 is 0 Å². The Labute approximate surface area is 80.7 Å². The van der Waals surface area contributed by atoms with Crippen molar-refractivity contribution < 1.29 is 9.59 Å². The first-order valence-corrected chi connectivity index (χ1v) is 5.01. The second kappa shape index (κ2) is 5.90. The number of rotatable bonds is 1. The molecule has 76 valence electrons. The summed E-state index contributed by atoms with van der Waals surface area (Å²) in [6, 6.07) is 0. The maximum Gasteiger partial charge on any atom is 0.143 e. The highest BCUT2D eigenvalue weighted by Gasteiger charge is 2.26. The quantitative estimate of drug-likeness (QED) is 0.587. The lowest BCUT2D eigenvalue weighted by atomic mass is 10.1. The van der Waals surface area contributed by atoms with Crippen LogP contribution in [0, 0.1) is 11.8 Å². The third-order valence-corrected chi connectivity index (χ3v) is 2.27. The van der Waals surface area contributed by atoms with E-state index in [2.05, 4.69) is 20.8 Å². The predicted molar refractivity (Wildman–Crippen MR) is 53.5 cm³/mol. The van der Waals surface area contributed by atoms with E-state index in [-0.39, 0.29) is 23.9 Å².